The van der Waals surface area contributed by atoms with Gasteiger partial charge in [-0.2, -0.15) is 0 Å². The number of carbonyl (C=O) groups excluding carboxylic acids is 2. The molecule has 0 unspecified atom stereocenters. The lowest BCUT2D eigenvalue weighted by Crippen LogP contribution is -2.66. The number of ether oxygens (including phenoxy) is 1. The van der Waals surface area contributed by atoms with Crippen LogP contribution >= 0.6 is 0 Å². The number of aliphatic hydroxyl groups is 1. The first-order valence-corrected chi connectivity index (χ1v) is 10.6. The van der Waals surface area contributed by atoms with Gasteiger partial charge in [-0.1, -0.05) is 27.7 Å². The molecule has 6 nitrogen and oxygen atoms in total. The van der Waals surface area contributed by atoms with Gasteiger partial charge in [0.1, 0.15) is 17.1 Å². The van der Waals surface area contributed by atoms with Gasteiger partial charge in [0.2, 0.25) is 0 Å². The molecule has 0 aromatic heterocycles. The minimum absolute atomic E-state index is 0.0685. The summed E-state index contributed by atoms with van der Waals surface area (Å²) in [6.07, 6.45) is 3.76. The number of carbonyl (C=O) groups is 2. The fraction of sp³-hybridized carbons (Fsp3) is 0.652. The average molecular weight is 399 g/mol. The molecule has 2 amide bonds. The van der Waals surface area contributed by atoms with Gasteiger partial charge >= 0.3 is 0 Å². The van der Waals surface area contributed by atoms with Crippen LogP contribution in [0.5, 0.6) is 11.5 Å². The van der Waals surface area contributed by atoms with Crippen LogP contribution in [0.3, 0.4) is 0 Å². The molecule has 2 fully saturated rings. The summed E-state index contributed by atoms with van der Waals surface area (Å²) in [5, 5.41) is 23.9. The van der Waals surface area contributed by atoms with Gasteiger partial charge in [-0.15, -0.1) is 0 Å². The summed E-state index contributed by atoms with van der Waals surface area (Å²) in [6, 6.07) is 1.63. The summed E-state index contributed by atoms with van der Waals surface area (Å²) < 4.78 is 6.71. The fourth-order valence-electron chi connectivity index (χ4n) is 7.12. The maximum atomic E-state index is 12.2. The van der Waals surface area contributed by atoms with E-state index in [1.807, 2.05) is 0 Å². The van der Waals surface area contributed by atoms with Crippen molar-refractivity contribution < 1.29 is 24.5 Å². The van der Waals surface area contributed by atoms with E-state index in [1.165, 1.54) is 0 Å². The zero-order valence-electron chi connectivity index (χ0n) is 17.5. The molecule has 156 valence electrons. The van der Waals surface area contributed by atoms with E-state index in [1.54, 1.807) is 6.07 Å². The Hall–Kier alpha value is -2.08. The van der Waals surface area contributed by atoms with E-state index in [2.05, 4.69) is 33.0 Å². The van der Waals surface area contributed by atoms with Crippen molar-refractivity contribution in [3.8, 4) is 11.5 Å². The van der Waals surface area contributed by atoms with Crippen molar-refractivity contribution in [2.75, 3.05) is 0 Å². The normalized spacial score (nSPS) is 39.6. The van der Waals surface area contributed by atoms with Crippen LogP contribution in [0.2, 0.25) is 0 Å². The van der Waals surface area contributed by atoms with Crippen molar-refractivity contribution in [3.63, 3.8) is 0 Å². The third kappa shape index (κ3) is 2.11. The Morgan fingerprint density at radius 3 is 2.59 bits per heavy atom. The van der Waals surface area contributed by atoms with Crippen LogP contribution in [0.4, 0.5) is 0 Å². The molecule has 5 atom stereocenters. The van der Waals surface area contributed by atoms with Crippen molar-refractivity contribution in [1.82, 2.24) is 5.32 Å². The van der Waals surface area contributed by atoms with Gasteiger partial charge < -0.3 is 14.9 Å². The van der Waals surface area contributed by atoms with Gasteiger partial charge in [0.15, 0.2) is 0 Å². The molecule has 4 aliphatic rings. The van der Waals surface area contributed by atoms with Crippen LogP contribution in [0.25, 0.3) is 0 Å². The summed E-state index contributed by atoms with van der Waals surface area (Å²) in [4.78, 5) is 24.3. The second-order valence-corrected chi connectivity index (χ2v) is 10.4. The number of fused-ring (bicyclic) bond motifs is 4. The topological polar surface area (TPSA) is 95.9 Å². The average Bonchev–Trinajstić information content (AvgIpc) is 3.17. The summed E-state index contributed by atoms with van der Waals surface area (Å²) in [6.45, 7) is 8.78. The molecule has 2 saturated carbocycles. The first kappa shape index (κ1) is 18.9. The Bertz CT molecular complexity index is 953. The smallest absolute Gasteiger partial charge is 0.262 e. The van der Waals surface area contributed by atoms with Crippen molar-refractivity contribution in [1.29, 1.82) is 0 Å². The number of rotatable bonds is 0. The highest BCUT2D eigenvalue weighted by molar-refractivity contribution is 6.23. The summed E-state index contributed by atoms with van der Waals surface area (Å²) >= 11 is 0. The Morgan fingerprint density at radius 2 is 1.86 bits per heavy atom. The molecule has 0 bridgehead atoms. The molecule has 6 heteroatoms. The number of benzene rings is 1. The van der Waals surface area contributed by atoms with Crippen molar-refractivity contribution in [2.24, 2.45) is 22.7 Å². The minimum Gasteiger partial charge on any atom is -0.507 e. The maximum absolute atomic E-state index is 12.2. The molecule has 0 radical (unpaired) electrons. The zero-order valence-corrected chi connectivity index (χ0v) is 17.5. The van der Waals surface area contributed by atoms with E-state index in [0.29, 0.717) is 17.7 Å². The molecule has 2 aliphatic carbocycles. The van der Waals surface area contributed by atoms with Gasteiger partial charge in [-0.25, -0.2) is 0 Å². The lowest BCUT2D eigenvalue weighted by atomic mass is 9.43. The van der Waals surface area contributed by atoms with Gasteiger partial charge in [0, 0.05) is 17.4 Å². The van der Waals surface area contributed by atoms with Crippen molar-refractivity contribution in [2.45, 2.75) is 71.5 Å². The Balaban J connectivity index is 1.65. The number of phenolic OH excluding ortho intramolecular Hbond substituents is 1. The number of amides is 2. The predicted octanol–water partition coefficient (Wildman–Crippen LogP) is 3.18. The third-order valence-corrected chi connectivity index (χ3v) is 8.91. The second-order valence-electron chi connectivity index (χ2n) is 10.4. The molecule has 1 aromatic carbocycles. The van der Waals surface area contributed by atoms with Crippen molar-refractivity contribution >= 4 is 11.8 Å². The number of nitrogens with one attached hydrogen (secondary N) is 1. The van der Waals surface area contributed by atoms with Gasteiger partial charge in [-0.3, -0.25) is 14.9 Å². The molecule has 0 saturated heterocycles. The third-order valence-electron chi connectivity index (χ3n) is 8.91. The largest absolute Gasteiger partial charge is 0.507 e. The fourth-order valence-corrected chi connectivity index (χ4v) is 7.12. The van der Waals surface area contributed by atoms with Crippen LogP contribution in [0, 0.1) is 22.7 Å². The molecule has 3 N–H and O–H groups in total. The lowest BCUT2D eigenvalue weighted by molar-refractivity contribution is -0.210. The van der Waals surface area contributed by atoms with E-state index in [0.717, 1.165) is 25.7 Å². The monoisotopic (exact) mass is 399 g/mol. The Labute approximate surface area is 170 Å². The molecular formula is C23H29NO5. The highest BCUT2D eigenvalue weighted by atomic mass is 16.5. The number of aliphatic hydroxyl groups excluding tert-OH is 1. The molecule has 29 heavy (non-hydrogen) atoms. The molecule has 2 heterocycles. The molecule has 2 aliphatic heterocycles. The first-order valence-electron chi connectivity index (χ1n) is 10.6. The number of phenols is 1. The number of aromatic hydroxyl groups is 1. The highest BCUT2D eigenvalue weighted by Crippen LogP contribution is 2.66. The van der Waals surface area contributed by atoms with Crippen LogP contribution in [-0.4, -0.2) is 33.7 Å². The van der Waals surface area contributed by atoms with Crippen LogP contribution < -0.4 is 10.1 Å². The van der Waals surface area contributed by atoms with E-state index in [4.69, 9.17) is 4.74 Å². The van der Waals surface area contributed by atoms with Crippen molar-refractivity contribution in [3.05, 3.63) is 22.8 Å². The van der Waals surface area contributed by atoms with Gasteiger partial charge in [0.25, 0.3) is 11.8 Å². The quantitative estimate of drug-likeness (QED) is 0.583. The summed E-state index contributed by atoms with van der Waals surface area (Å²) in [7, 11) is 0. The summed E-state index contributed by atoms with van der Waals surface area (Å²) in [5.41, 5.74) is -0.0482. The van der Waals surface area contributed by atoms with Gasteiger partial charge in [0.05, 0.1) is 17.2 Å². The van der Waals surface area contributed by atoms with Gasteiger partial charge in [-0.05, 0) is 49.0 Å². The van der Waals surface area contributed by atoms with Crippen LogP contribution in [0.1, 0.15) is 79.7 Å². The SMILES string of the molecule is C[C@H]1CC[C@H]2C(C)(C)[C@@H](O)CC[C@@]2(C)[C@]12Cc1c(cc3c(c1O)C(=O)NC3=O)O2. The lowest BCUT2D eigenvalue weighted by Gasteiger charge is -2.64. The number of imide groups is 1. The maximum Gasteiger partial charge on any atom is 0.262 e. The Kier molecular flexibility index (Phi) is 3.61. The highest BCUT2D eigenvalue weighted by Gasteiger charge is 2.67. The number of hydrogen-bond acceptors (Lipinski definition) is 5. The predicted molar refractivity (Wildman–Crippen MR) is 106 cm³/mol. The Morgan fingerprint density at radius 1 is 1.14 bits per heavy atom. The standard InChI is InChI=1S/C23H29NO5/c1-11-5-6-15-21(2,3)16(25)7-8-22(15,4)23(11)10-13-14(29-23)9-12-17(18(13)26)20(28)24-19(12)27/h9,11,15-16,25-26H,5-8,10H2,1-4H3,(H,24,27,28)/t11-,15-,16-,22+,23-/m0/s1. The van der Waals surface area contributed by atoms with E-state index in [9.17, 15) is 19.8 Å². The van der Waals surface area contributed by atoms with E-state index < -0.39 is 17.4 Å². The minimum atomic E-state index is -0.547. The van der Waals surface area contributed by atoms with Crippen LogP contribution in [-0.2, 0) is 6.42 Å². The molecular weight excluding hydrogens is 370 g/mol. The first-order chi connectivity index (χ1) is 13.5. The molecule has 5 rings (SSSR count). The summed E-state index contributed by atoms with van der Waals surface area (Å²) in [5.74, 6) is -0.108. The van der Waals surface area contributed by atoms with Crippen LogP contribution in [0.15, 0.2) is 6.07 Å². The molecule has 1 aromatic rings. The van der Waals surface area contributed by atoms with E-state index in [-0.39, 0.29) is 45.6 Å². The number of hydrogen-bond donors (Lipinski definition) is 3. The van der Waals surface area contributed by atoms with E-state index >= 15 is 0 Å². The zero-order chi connectivity index (χ0) is 20.9. The molecule has 1 spiro atoms. The second kappa shape index (κ2) is 5.54.